The zero-order valence-electron chi connectivity index (χ0n) is 18.4. The molecule has 0 spiro atoms. The first kappa shape index (κ1) is 23.2. The van der Waals surface area contributed by atoms with Crippen LogP contribution in [0.1, 0.15) is 28.8 Å². The number of nitrogens with zero attached hydrogens (tertiary/aromatic N) is 5. The summed E-state index contributed by atoms with van der Waals surface area (Å²) in [6, 6.07) is 11.4. The monoisotopic (exact) mass is 481 g/mol. The number of hydrogen-bond donors (Lipinski definition) is 2. The second-order valence-electron chi connectivity index (χ2n) is 7.77. The topological polar surface area (TPSA) is 135 Å². The van der Waals surface area contributed by atoms with Crippen molar-refractivity contribution in [2.45, 2.75) is 29.4 Å². The lowest BCUT2D eigenvalue weighted by Gasteiger charge is -2.16. The molecule has 4 rings (SSSR count). The number of amides is 3. The number of likely N-dealkylation sites (tertiary alicyclic amines) is 1. The number of carbonyl (C=O) groups is 2. The number of carbonyl (C=O) groups excluding carboxylic acids is 2. The molecule has 0 bridgehead atoms. The maximum atomic E-state index is 12.7. The number of rotatable bonds is 7. The average molecular weight is 482 g/mol. The van der Waals surface area contributed by atoms with Crippen molar-refractivity contribution in [2.75, 3.05) is 18.4 Å². The Labute approximate surface area is 199 Å². The van der Waals surface area contributed by atoms with Crippen LogP contribution in [0.15, 0.2) is 58.8 Å². The van der Waals surface area contributed by atoms with Gasteiger partial charge in [-0.2, -0.15) is 0 Å². The lowest BCUT2D eigenvalue weighted by Crippen LogP contribution is -2.32. The molecule has 0 aliphatic carbocycles. The van der Waals surface area contributed by atoms with Crippen molar-refractivity contribution in [2.24, 2.45) is 7.05 Å². The first-order valence-electron chi connectivity index (χ1n) is 10.6. The van der Waals surface area contributed by atoms with Gasteiger partial charge in [-0.1, -0.05) is 12.1 Å². The van der Waals surface area contributed by atoms with Crippen LogP contribution in [0.25, 0.3) is 0 Å². The highest BCUT2D eigenvalue weighted by Gasteiger charge is 2.20. The molecular formula is C22H23N7O4S. The second-order valence-corrected chi connectivity index (χ2v) is 8.78. The number of anilines is 1. The number of hydrogen-bond acceptors (Lipinski definition) is 7. The van der Waals surface area contributed by atoms with Crippen molar-refractivity contribution < 1.29 is 14.5 Å². The molecule has 1 aromatic heterocycles. The molecule has 3 aromatic rings. The van der Waals surface area contributed by atoms with Gasteiger partial charge in [0.2, 0.25) is 0 Å². The second kappa shape index (κ2) is 10.3. The highest BCUT2D eigenvalue weighted by Crippen LogP contribution is 2.34. The van der Waals surface area contributed by atoms with E-state index in [9.17, 15) is 19.7 Å². The van der Waals surface area contributed by atoms with E-state index in [0.717, 1.165) is 43.3 Å². The van der Waals surface area contributed by atoms with Crippen LogP contribution in [-0.2, 0) is 13.6 Å². The molecule has 11 nitrogen and oxygen atoms in total. The van der Waals surface area contributed by atoms with Crippen LogP contribution in [0.2, 0.25) is 0 Å². The van der Waals surface area contributed by atoms with Gasteiger partial charge in [0, 0.05) is 44.0 Å². The van der Waals surface area contributed by atoms with Gasteiger partial charge in [-0.25, -0.2) is 4.79 Å². The summed E-state index contributed by atoms with van der Waals surface area (Å²) in [5.41, 5.74) is 1.42. The fourth-order valence-electron chi connectivity index (χ4n) is 3.52. The number of nitro benzene ring substituents is 1. The smallest absolute Gasteiger partial charge is 0.321 e. The van der Waals surface area contributed by atoms with Crippen molar-refractivity contribution >= 4 is 35.1 Å². The number of urea groups is 1. The van der Waals surface area contributed by atoms with Gasteiger partial charge in [0.1, 0.15) is 6.33 Å². The van der Waals surface area contributed by atoms with E-state index in [1.807, 2.05) is 6.07 Å². The first-order valence-corrected chi connectivity index (χ1v) is 11.5. The molecule has 1 aliphatic rings. The molecule has 0 saturated carbocycles. The van der Waals surface area contributed by atoms with Crippen molar-refractivity contribution in [1.82, 2.24) is 25.0 Å². The Bertz CT molecular complexity index is 1220. The third kappa shape index (κ3) is 5.52. The molecule has 12 heteroatoms. The minimum atomic E-state index is -0.526. The lowest BCUT2D eigenvalue weighted by atomic mass is 10.1. The zero-order chi connectivity index (χ0) is 24.1. The van der Waals surface area contributed by atoms with E-state index in [1.165, 1.54) is 24.5 Å². The van der Waals surface area contributed by atoms with Gasteiger partial charge < -0.3 is 20.1 Å². The number of nitrogens with one attached hydrogen (secondary N) is 2. The van der Waals surface area contributed by atoms with Gasteiger partial charge >= 0.3 is 6.03 Å². The SMILES string of the molecule is Cn1cnnc1Sc1ccc(C(=O)NCc2cccc(NC(=O)N3CCCC3)c2)cc1[N+](=O)[O-]. The molecule has 176 valence electrons. The van der Waals surface area contributed by atoms with Gasteiger partial charge in [-0.3, -0.25) is 14.9 Å². The molecule has 2 heterocycles. The first-order chi connectivity index (χ1) is 16.4. The number of benzene rings is 2. The van der Waals surface area contributed by atoms with Crippen LogP contribution < -0.4 is 10.6 Å². The van der Waals surface area contributed by atoms with Gasteiger partial charge in [0.15, 0.2) is 5.16 Å². The van der Waals surface area contributed by atoms with Gasteiger partial charge in [-0.15, -0.1) is 10.2 Å². The molecule has 1 aliphatic heterocycles. The van der Waals surface area contributed by atoms with E-state index in [1.54, 1.807) is 34.7 Å². The van der Waals surface area contributed by atoms with E-state index in [2.05, 4.69) is 20.8 Å². The molecule has 2 N–H and O–H groups in total. The summed E-state index contributed by atoms with van der Waals surface area (Å²) in [5, 5.41) is 25.4. The summed E-state index contributed by atoms with van der Waals surface area (Å²) < 4.78 is 1.65. The maximum Gasteiger partial charge on any atom is 0.321 e. The van der Waals surface area contributed by atoms with Crippen molar-refractivity contribution in [1.29, 1.82) is 0 Å². The average Bonchev–Trinajstić information content (AvgIpc) is 3.50. The van der Waals surface area contributed by atoms with E-state index >= 15 is 0 Å². The summed E-state index contributed by atoms with van der Waals surface area (Å²) in [5.74, 6) is -0.440. The standard InChI is InChI=1S/C22H23N7O4S/c1-27-14-24-26-22(27)34-19-8-7-16(12-18(19)29(32)33)20(30)23-13-15-5-4-6-17(11-15)25-21(31)28-9-2-3-10-28/h4-8,11-12,14H,2-3,9-10,13H2,1H3,(H,23,30)(H,25,31). The largest absolute Gasteiger partial charge is 0.348 e. The van der Waals surface area contributed by atoms with Crippen LogP contribution in [0.3, 0.4) is 0 Å². The van der Waals surface area contributed by atoms with Gasteiger partial charge in [-0.05, 0) is 54.4 Å². The number of nitro groups is 1. The van der Waals surface area contributed by atoms with E-state index in [0.29, 0.717) is 15.7 Å². The molecule has 2 aromatic carbocycles. The van der Waals surface area contributed by atoms with E-state index in [-0.39, 0.29) is 23.8 Å². The van der Waals surface area contributed by atoms with Crippen molar-refractivity contribution in [3.05, 3.63) is 70.0 Å². The zero-order valence-corrected chi connectivity index (χ0v) is 19.2. The molecule has 3 amide bonds. The molecule has 0 atom stereocenters. The molecule has 0 radical (unpaired) electrons. The summed E-state index contributed by atoms with van der Waals surface area (Å²) in [7, 11) is 1.74. The molecule has 34 heavy (non-hydrogen) atoms. The summed E-state index contributed by atoms with van der Waals surface area (Å²) >= 11 is 1.10. The fourth-order valence-corrected chi connectivity index (χ4v) is 4.37. The quantitative estimate of drug-likeness (QED) is 0.390. The Morgan fingerprint density at radius 2 is 1.97 bits per heavy atom. The third-order valence-corrected chi connectivity index (χ3v) is 6.43. The highest BCUT2D eigenvalue weighted by atomic mass is 32.2. The van der Waals surface area contributed by atoms with Crippen LogP contribution >= 0.6 is 11.8 Å². The summed E-state index contributed by atoms with van der Waals surface area (Å²) in [6.07, 6.45) is 3.53. The Balaban J connectivity index is 1.40. The molecule has 1 fully saturated rings. The summed E-state index contributed by atoms with van der Waals surface area (Å²) in [4.78, 5) is 38.2. The minimum absolute atomic E-state index is 0.134. The molecule has 0 unspecified atom stereocenters. The fraction of sp³-hybridized carbons (Fsp3) is 0.273. The summed E-state index contributed by atoms with van der Waals surface area (Å²) in [6.45, 7) is 1.71. The minimum Gasteiger partial charge on any atom is -0.348 e. The van der Waals surface area contributed by atoms with E-state index in [4.69, 9.17) is 0 Å². The molecule has 1 saturated heterocycles. The predicted octanol–water partition coefficient (Wildman–Crippen LogP) is 3.43. The predicted molar refractivity (Wildman–Crippen MR) is 126 cm³/mol. The Hall–Kier alpha value is -3.93. The van der Waals surface area contributed by atoms with Crippen LogP contribution in [-0.4, -0.2) is 49.6 Å². The third-order valence-electron chi connectivity index (χ3n) is 5.31. The van der Waals surface area contributed by atoms with Gasteiger partial charge in [0.25, 0.3) is 11.6 Å². The number of aromatic nitrogens is 3. The maximum absolute atomic E-state index is 12.7. The Morgan fingerprint density at radius 1 is 1.18 bits per heavy atom. The van der Waals surface area contributed by atoms with Crippen LogP contribution in [0.5, 0.6) is 0 Å². The number of aryl methyl sites for hydroxylation is 1. The van der Waals surface area contributed by atoms with Crippen LogP contribution in [0.4, 0.5) is 16.2 Å². The Morgan fingerprint density at radius 3 is 2.68 bits per heavy atom. The van der Waals surface area contributed by atoms with Crippen molar-refractivity contribution in [3.8, 4) is 0 Å². The normalized spacial score (nSPS) is 13.0. The van der Waals surface area contributed by atoms with Crippen molar-refractivity contribution in [3.63, 3.8) is 0 Å². The molecular weight excluding hydrogens is 458 g/mol. The highest BCUT2D eigenvalue weighted by molar-refractivity contribution is 7.99. The van der Waals surface area contributed by atoms with Crippen LogP contribution in [0, 0.1) is 10.1 Å². The van der Waals surface area contributed by atoms with E-state index < -0.39 is 10.8 Å². The Kier molecular flexibility index (Phi) is 7.07. The van der Waals surface area contributed by atoms with Gasteiger partial charge in [0.05, 0.1) is 9.82 Å². The lowest BCUT2D eigenvalue weighted by molar-refractivity contribution is -0.387.